The largest absolute Gasteiger partial charge is 0.445 e. The van der Waals surface area contributed by atoms with Crippen LogP contribution in [0.2, 0.25) is 0 Å². The monoisotopic (exact) mass is 426 g/mol. The number of β-amino-alcohol motifs (C(OH)–C–C–N with tert-alkyl or cyclic N) is 1. The molecule has 1 aliphatic rings. The lowest BCUT2D eigenvalue weighted by Gasteiger charge is -2.23. The summed E-state index contributed by atoms with van der Waals surface area (Å²) >= 11 is 1.22. The van der Waals surface area contributed by atoms with Gasteiger partial charge in [0.2, 0.25) is 5.91 Å². The molecule has 11 nitrogen and oxygen atoms in total. The highest BCUT2D eigenvalue weighted by molar-refractivity contribution is 8.00. The number of nitrogens with two attached hydrogens (primary N) is 1. The fourth-order valence-electron chi connectivity index (χ4n) is 2.72. The average molecular weight is 426 g/mol. The number of thioether (sulfide) groups is 1. The Morgan fingerprint density at radius 3 is 2.62 bits per heavy atom. The third-order valence-corrected chi connectivity index (χ3v) is 5.45. The number of amides is 4. The van der Waals surface area contributed by atoms with Gasteiger partial charge < -0.3 is 20.5 Å². The van der Waals surface area contributed by atoms with Gasteiger partial charge in [-0.1, -0.05) is 0 Å². The molecule has 2 rings (SSSR count). The van der Waals surface area contributed by atoms with Gasteiger partial charge in [-0.25, -0.2) is 9.59 Å². The predicted octanol–water partition coefficient (Wildman–Crippen LogP) is 0.937. The van der Waals surface area contributed by atoms with E-state index >= 15 is 0 Å². The van der Waals surface area contributed by atoms with Crippen molar-refractivity contribution < 1.29 is 29.2 Å². The normalized spacial score (nSPS) is 18.3. The zero-order valence-corrected chi connectivity index (χ0v) is 16.5. The molecule has 0 aromatic heterocycles. The zero-order chi connectivity index (χ0) is 21.6. The summed E-state index contributed by atoms with van der Waals surface area (Å²) in [4.78, 5) is 47.5. The summed E-state index contributed by atoms with van der Waals surface area (Å²) in [6.07, 6.45) is -0.970. The highest BCUT2D eigenvalue weighted by Gasteiger charge is 2.35. The number of aliphatic hydroxyl groups excluding tert-OH is 1. The number of aliphatic hydroxyl groups is 1. The molecule has 158 valence electrons. The molecule has 1 heterocycles. The maximum Gasteiger partial charge on any atom is 0.410 e. The Morgan fingerprint density at radius 1 is 1.38 bits per heavy atom. The lowest BCUT2D eigenvalue weighted by molar-refractivity contribution is -0.384. The van der Waals surface area contributed by atoms with E-state index in [4.69, 9.17) is 10.5 Å². The number of carbonyl (C=O) groups is 3. The first-order chi connectivity index (χ1) is 13.7. The second-order valence-corrected chi connectivity index (χ2v) is 7.51. The van der Waals surface area contributed by atoms with Gasteiger partial charge in [0.15, 0.2) is 0 Å². The summed E-state index contributed by atoms with van der Waals surface area (Å²) in [5, 5.41) is 20.6. The lowest BCUT2D eigenvalue weighted by atomic mass is 10.2. The van der Waals surface area contributed by atoms with Gasteiger partial charge in [0.05, 0.1) is 23.3 Å². The van der Waals surface area contributed by atoms with Crippen LogP contribution in [-0.2, 0) is 16.1 Å². The van der Waals surface area contributed by atoms with E-state index < -0.39 is 29.1 Å². The molecule has 0 spiro atoms. The molecule has 2 atom stereocenters. The van der Waals surface area contributed by atoms with Crippen LogP contribution in [0.5, 0.6) is 0 Å². The molecule has 4 amide bonds. The van der Waals surface area contributed by atoms with Crippen LogP contribution < -0.4 is 5.73 Å². The van der Waals surface area contributed by atoms with Gasteiger partial charge in [-0.05, 0) is 24.1 Å². The molecule has 2 unspecified atom stereocenters. The molecular weight excluding hydrogens is 404 g/mol. The van der Waals surface area contributed by atoms with Crippen LogP contribution in [0.3, 0.4) is 0 Å². The number of likely N-dealkylation sites (tertiary alicyclic amines) is 1. The summed E-state index contributed by atoms with van der Waals surface area (Å²) in [5.41, 5.74) is 5.57. The first-order valence-corrected chi connectivity index (χ1v) is 9.83. The molecule has 0 aliphatic carbocycles. The molecule has 0 bridgehead atoms. The number of benzene rings is 1. The van der Waals surface area contributed by atoms with E-state index in [0.717, 1.165) is 4.90 Å². The van der Waals surface area contributed by atoms with Gasteiger partial charge >= 0.3 is 12.1 Å². The van der Waals surface area contributed by atoms with E-state index in [2.05, 4.69) is 0 Å². The summed E-state index contributed by atoms with van der Waals surface area (Å²) in [5.74, 6) is -0.0620. The van der Waals surface area contributed by atoms with Gasteiger partial charge in [0, 0.05) is 31.0 Å². The van der Waals surface area contributed by atoms with Crippen LogP contribution in [-0.4, -0.2) is 75.1 Å². The van der Waals surface area contributed by atoms with E-state index in [-0.39, 0.29) is 30.6 Å². The van der Waals surface area contributed by atoms with Crippen LogP contribution in [0.15, 0.2) is 24.3 Å². The molecule has 12 heteroatoms. The van der Waals surface area contributed by atoms with Crippen molar-refractivity contribution in [3.05, 3.63) is 39.9 Å². The third kappa shape index (κ3) is 6.32. The number of nitro benzene ring substituents is 1. The number of hydrogen-bond acceptors (Lipinski definition) is 8. The minimum absolute atomic E-state index is 0.0116. The fraction of sp³-hybridized carbons (Fsp3) is 0.471. The van der Waals surface area contributed by atoms with Crippen molar-refractivity contribution in [2.75, 3.05) is 25.1 Å². The Balaban J connectivity index is 1.85. The number of carbonyl (C=O) groups excluding carboxylic acids is 3. The number of ether oxygens (including phenoxy) is 1. The van der Waals surface area contributed by atoms with Crippen molar-refractivity contribution in [2.24, 2.45) is 5.73 Å². The number of primary amides is 1. The van der Waals surface area contributed by atoms with Crippen molar-refractivity contribution >= 4 is 35.5 Å². The zero-order valence-electron chi connectivity index (χ0n) is 15.7. The number of urea groups is 1. The molecular formula is C17H22N4O7S. The highest BCUT2D eigenvalue weighted by Crippen LogP contribution is 2.23. The van der Waals surface area contributed by atoms with Crippen LogP contribution in [0, 0.1) is 10.1 Å². The Morgan fingerprint density at radius 2 is 2.03 bits per heavy atom. The Hall–Kier alpha value is -2.86. The standard InChI is InChI=1S/C17H22N4O7S/c1-19(16(18)24)15(23)10-29-9-13-6-14(22)7-20(13)17(25)28-8-11-2-4-12(5-3-11)21(26)27/h2-5,13-14,22H,6-10H2,1H3,(H2,18,24). The Bertz CT molecular complexity index is 774. The second-order valence-electron chi connectivity index (χ2n) is 6.48. The number of nitrogens with zero attached hydrogens (tertiary/aromatic N) is 3. The van der Waals surface area contributed by atoms with E-state index in [1.165, 1.54) is 48.0 Å². The van der Waals surface area contributed by atoms with Crippen LogP contribution >= 0.6 is 11.8 Å². The van der Waals surface area contributed by atoms with Crippen molar-refractivity contribution in [3.8, 4) is 0 Å². The van der Waals surface area contributed by atoms with E-state index in [1.807, 2.05) is 0 Å². The lowest BCUT2D eigenvalue weighted by Crippen LogP contribution is -2.39. The second kappa shape index (κ2) is 10.1. The van der Waals surface area contributed by atoms with Crippen LogP contribution in [0.25, 0.3) is 0 Å². The van der Waals surface area contributed by atoms with E-state index in [1.54, 1.807) is 0 Å². The molecule has 1 aromatic rings. The van der Waals surface area contributed by atoms with E-state index in [0.29, 0.717) is 17.7 Å². The van der Waals surface area contributed by atoms with E-state index in [9.17, 15) is 29.6 Å². The molecule has 1 fully saturated rings. The summed E-state index contributed by atoms with van der Waals surface area (Å²) in [7, 11) is 1.28. The minimum Gasteiger partial charge on any atom is -0.445 e. The van der Waals surface area contributed by atoms with Gasteiger partial charge in [-0.15, -0.1) is 11.8 Å². The minimum atomic E-state index is -0.844. The fourth-order valence-corrected chi connectivity index (χ4v) is 3.79. The SMILES string of the molecule is CN(C(N)=O)C(=O)CSCC1CC(O)CN1C(=O)OCc1ccc([N+](=O)[O-])cc1. The van der Waals surface area contributed by atoms with Gasteiger partial charge in [-0.3, -0.25) is 19.8 Å². The third-order valence-electron chi connectivity index (χ3n) is 4.38. The first kappa shape index (κ1) is 22.4. The van der Waals surface area contributed by atoms with Crippen molar-refractivity contribution in [3.63, 3.8) is 0 Å². The number of rotatable bonds is 7. The highest BCUT2D eigenvalue weighted by atomic mass is 32.2. The maximum absolute atomic E-state index is 12.4. The molecule has 29 heavy (non-hydrogen) atoms. The van der Waals surface area contributed by atoms with Crippen molar-refractivity contribution in [1.82, 2.24) is 9.80 Å². The smallest absolute Gasteiger partial charge is 0.410 e. The molecule has 1 aromatic carbocycles. The molecule has 1 aliphatic heterocycles. The van der Waals surface area contributed by atoms with Gasteiger partial charge in [-0.2, -0.15) is 0 Å². The van der Waals surface area contributed by atoms with Gasteiger partial charge in [0.25, 0.3) is 5.69 Å². The van der Waals surface area contributed by atoms with Crippen LogP contribution in [0.4, 0.5) is 15.3 Å². The molecule has 0 radical (unpaired) electrons. The predicted molar refractivity (Wildman–Crippen MR) is 104 cm³/mol. The molecule has 3 N–H and O–H groups in total. The van der Waals surface area contributed by atoms with Crippen molar-refractivity contribution in [1.29, 1.82) is 0 Å². The molecule has 1 saturated heterocycles. The number of hydrogen-bond donors (Lipinski definition) is 2. The van der Waals surface area contributed by atoms with Gasteiger partial charge in [0.1, 0.15) is 6.61 Å². The molecule has 0 saturated carbocycles. The average Bonchev–Trinajstić information content (AvgIpc) is 3.06. The first-order valence-electron chi connectivity index (χ1n) is 8.67. The summed E-state index contributed by atoms with van der Waals surface area (Å²) in [6.45, 7) is 0.0463. The Kier molecular flexibility index (Phi) is 7.79. The Labute approximate surface area is 170 Å². The summed E-state index contributed by atoms with van der Waals surface area (Å²) in [6, 6.07) is 4.47. The van der Waals surface area contributed by atoms with Crippen LogP contribution in [0.1, 0.15) is 12.0 Å². The van der Waals surface area contributed by atoms with Crippen molar-refractivity contribution in [2.45, 2.75) is 25.2 Å². The number of imide groups is 1. The number of nitro groups is 1. The quantitative estimate of drug-likeness (QED) is 0.482. The topological polar surface area (TPSA) is 156 Å². The number of non-ortho nitro benzene ring substituents is 1. The maximum atomic E-state index is 12.4. The summed E-state index contributed by atoms with van der Waals surface area (Å²) < 4.78 is 5.25.